The summed E-state index contributed by atoms with van der Waals surface area (Å²) < 4.78 is 50.3. The summed E-state index contributed by atoms with van der Waals surface area (Å²) in [6, 6.07) is 18.8. The maximum Gasteiger partial charge on any atom is 2.00 e. The van der Waals surface area contributed by atoms with Crippen LogP contribution >= 0.6 is 23.5 Å². The van der Waals surface area contributed by atoms with Gasteiger partial charge in [-0.1, -0.05) is 112 Å². The standard InChI is InChI=1S/2C22H29N3O6S2.Ca/c2*1-14(2)20-18(11-10-15(26)12-16(27)13-19(28)29)21(32-17-8-6-5-7-9-17)24-22(23-20)25(3)33(4,30)31;/h2*5-11,14-16,26-27H,12-13H2,1-4H3,(H,28,29);/q;;+2/p-2/b2*11-10+;/t2*15-,16-;/m11./s1. The van der Waals surface area contributed by atoms with Crippen LogP contribution in [0.15, 0.2) is 92.7 Å². The Labute approximate surface area is 430 Å². The van der Waals surface area contributed by atoms with E-state index in [0.717, 1.165) is 30.9 Å². The molecule has 0 bridgehead atoms. The molecule has 0 saturated carbocycles. The first-order chi connectivity index (χ1) is 30.8. The van der Waals surface area contributed by atoms with Gasteiger partial charge >= 0.3 is 37.7 Å². The van der Waals surface area contributed by atoms with Crippen LogP contribution in [-0.2, 0) is 29.6 Å². The maximum atomic E-state index is 12.1. The van der Waals surface area contributed by atoms with Crippen LogP contribution < -0.4 is 18.8 Å². The number of carbonyl (C=O) groups is 2. The van der Waals surface area contributed by atoms with Crippen LogP contribution in [-0.4, -0.2) is 158 Å². The fraction of sp³-hybridized carbons (Fsp3) is 0.409. The minimum absolute atomic E-state index is 0. The quantitative estimate of drug-likeness (QED) is 0.0649. The van der Waals surface area contributed by atoms with Gasteiger partial charge in [0.15, 0.2) is 0 Å². The second-order valence-corrected chi connectivity index (χ2v) is 21.8. The Morgan fingerprint density at radius 1 is 0.612 bits per heavy atom. The van der Waals surface area contributed by atoms with Crippen LogP contribution in [0.5, 0.6) is 0 Å². The monoisotopic (exact) mass is 1030 g/mol. The molecular weight excluding hydrogens is 973 g/mol. The molecule has 2 aromatic heterocycles. The van der Waals surface area contributed by atoms with Gasteiger partial charge in [-0.2, -0.15) is 0 Å². The van der Waals surface area contributed by atoms with Gasteiger partial charge in [-0.15, -0.1) is 0 Å². The summed E-state index contributed by atoms with van der Waals surface area (Å²) in [5.74, 6) is -2.95. The molecular formula is C44H56CaN6O12S4. The minimum atomic E-state index is -3.59. The molecule has 0 aliphatic rings. The molecule has 2 aromatic carbocycles. The number of aliphatic carboxylic acids is 2. The Hall–Kier alpha value is -3.68. The molecule has 0 unspecified atom stereocenters. The molecule has 4 N–H and O–H groups in total. The number of carboxylic acids is 2. The van der Waals surface area contributed by atoms with Crippen LogP contribution in [0.4, 0.5) is 11.9 Å². The van der Waals surface area contributed by atoms with Crippen molar-refractivity contribution in [3.63, 3.8) is 0 Å². The van der Waals surface area contributed by atoms with E-state index in [1.54, 1.807) is 12.2 Å². The predicted molar refractivity (Wildman–Crippen MR) is 256 cm³/mol. The van der Waals surface area contributed by atoms with E-state index in [1.807, 2.05) is 88.4 Å². The number of carboxylic acid groups (broad SMARTS) is 2. The molecule has 0 spiro atoms. The van der Waals surface area contributed by atoms with Gasteiger partial charge in [0.2, 0.25) is 31.9 Å². The summed E-state index contributed by atoms with van der Waals surface area (Å²) in [6.07, 6.45) is 1.96. The van der Waals surface area contributed by atoms with E-state index in [2.05, 4.69) is 19.9 Å². The van der Waals surface area contributed by atoms with E-state index in [1.165, 1.54) is 49.8 Å². The molecule has 0 amide bonds. The fourth-order valence-electron chi connectivity index (χ4n) is 5.72. The van der Waals surface area contributed by atoms with Gasteiger partial charge in [0.05, 0.1) is 48.3 Å². The second kappa shape index (κ2) is 27.5. The molecule has 4 aromatic rings. The van der Waals surface area contributed by atoms with Gasteiger partial charge in [0.25, 0.3) is 0 Å². The van der Waals surface area contributed by atoms with Crippen LogP contribution in [0.25, 0.3) is 12.2 Å². The fourth-order valence-corrected chi connectivity index (χ4v) is 8.32. The molecule has 2 heterocycles. The minimum Gasteiger partial charge on any atom is -0.550 e. The van der Waals surface area contributed by atoms with Gasteiger partial charge in [-0.05, 0) is 36.1 Å². The van der Waals surface area contributed by atoms with Crippen molar-refractivity contribution in [1.82, 2.24) is 19.9 Å². The van der Waals surface area contributed by atoms with Gasteiger partial charge in [0.1, 0.15) is 10.1 Å². The number of sulfonamides is 2. The van der Waals surface area contributed by atoms with E-state index in [9.17, 15) is 57.1 Å². The number of hydrogen-bond acceptors (Lipinski definition) is 18. The van der Waals surface area contributed by atoms with Gasteiger partial charge in [-0.25, -0.2) is 45.4 Å². The number of aliphatic hydroxyl groups excluding tert-OH is 4. The molecule has 0 aliphatic carbocycles. The van der Waals surface area contributed by atoms with Gasteiger partial charge < -0.3 is 40.2 Å². The number of anilines is 2. The zero-order valence-corrected chi connectivity index (χ0v) is 43.9. The summed E-state index contributed by atoms with van der Waals surface area (Å²) in [5.41, 5.74) is 2.34. The molecule has 0 aliphatic heterocycles. The molecule has 18 nitrogen and oxygen atoms in total. The molecule has 4 rings (SSSR count). The Kier molecular flexibility index (Phi) is 24.4. The van der Waals surface area contributed by atoms with E-state index < -0.39 is 69.2 Å². The Morgan fingerprint density at radius 3 is 1.19 bits per heavy atom. The molecule has 23 heteroatoms. The third-order valence-electron chi connectivity index (χ3n) is 9.23. The number of carbonyl (C=O) groups excluding carboxylic acids is 2. The number of aliphatic hydroxyl groups is 4. The summed E-state index contributed by atoms with van der Waals surface area (Å²) in [5, 5.41) is 62.2. The number of nitrogens with zero attached hydrogens (tertiary/aromatic N) is 6. The molecule has 0 radical (unpaired) electrons. The van der Waals surface area contributed by atoms with E-state index in [0.29, 0.717) is 32.6 Å². The first-order valence-corrected chi connectivity index (χ1v) is 25.7. The number of aromatic nitrogens is 4. The van der Waals surface area contributed by atoms with Crippen molar-refractivity contribution in [2.75, 3.05) is 35.2 Å². The molecule has 0 saturated heterocycles. The number of rotatable bonds is 22. The molecule has 4 atom stereocenters. The number of benzene rings is 2. The average Bonchev–Trinajstić information content (AvgIpc) is 3.21. The third kappa shape index (κ3) is 20.1. The van der Waals surface area contributed by atoms with Crippen LogP contribution in [0.2, 0.25) is 0 Å². The summed E-state index contributed by atoms with van der Waals surface area (Å²) in [6.45, 7) is 7.61. The summed E-state index contributed by atoms with van der Waals surface area (Å²) in [4.78, 5) is 40.9. The Balaban J connectivity index is 0.000000453. The van der Waals surface area contributed by atoms with Crippen molar-refractivity contribution in [2.45, 2.75) is 109 Å². The first kappa shape index (κ1) is 59.4. The van der Waals surface area contributed by atoms with Crippen molar-refractivity contribution in [3.05, 3.63) is 95.3 Å². The van der Waals surface area contributed by atoms with Crippen LogP contribution in [0, 0.1) is 0 Å². The normalized spacial score (nSPS) is 13.7. The maximum absolute atomic E-state index is 12.1. The zero-order valence-electron chi connectivity index (χ0n) is 38.5. The average molecular weight is 1030 g/mol. The molecule has 360 valence electrons. The van der Waals surface area contributed by atoms with Crippen molar-refractivity contribution in [2.24, 2.45) is 0 Å². The SMILES string of the molecule is CC(C)c1nc(N(C)S(C)(=O)=O)nc(Sc2ccccc2)c1/C=C/[C@@H](O)C[C@@H](O)CC(=O)[O-].CC(C)c1nc(N(C)S(C)(=O)=O)nc(Sc2ccccc2)c1/C=C/[C@@H](O)C[C@@H](O)CC(=O)[O-].[Ca+2]. The van der Waals surface area contributed by atoms with Crippen molar-refractivity contribution < 1.29 is 57.1 Å². The van der Waals surface area contributed by atoms with Crippen LogP contribution in [0.1, 0.15) is 87.7 Å². The van der Waals surface area contributed by atoms with Crippen molar-refractivity contribution in [1.29, 1.82) is 0 Å². The second-order valence-electron chi connectivity index (χ2n) is 15.6. The van der Waals surface area contributed by atoms with E-state index in [4.69, 9.17) is 0 Å². The van der Waals surface area contributed by atoms with Gasteiger partial charge in [0, 0.05) is 72.6 Å². The predicted octanol–water partition coefficient (Wildman–Crippen LogP) is 2.44. The largest absolute Gasteiger partial charge is 2.00 e. The third-order valence-corrected chi connectivity index (χ3v) is 13.6. The summed E-state index contributed by atoms with van der Waals surface area (Å²) >= 11 is 2.64. The van der Waals surface area contributed by atoms with E-state index >= 15 is 0 Å². The molecule has 67 heavy (non-hydrogen) atoms. The van der Waals surface area contributed by atoms with Gasteiger partial charge in [-0.3, -0.25) is 0 Å². The first-order valence-electron chi connectivity index (χ1n) is 20.4. The number of hydrogen-bond donors (Lipinski definition) is 4. The van der Waals surface area contributed by atoms with E-state index in [-0.39, 0.29) is 74.3 Å². The summed E-state index contributed by atoms with van der Waals surface area (Å²) in [7, 11) is -4.42. The van der Waals surface area contributed by atoms with Crippen molar-refractivity contribution >= 4 is 117 Å². The smallest absolute Gasteiger partial charge is 0.550 e. The Morgan fingerprint density at radius 2 is 0.925 bits per heavy atom. The Bertz CT molecular complexity index is 2360. The van der Waals surface area contributed by atoms with Crippen LogP contribution in [0.3, 0.4) is 0 Å². The molecule has 0 fully saturated rings. The zero-order chi connectivity index (χ0) is 49.5. The van der Waals surface area contributed by atoms with Crippen molar-refractivity contribution in [3.8, 4) is 0 Å². The topological polar surface area (TPSA) is 287 Å².